The average molecular weight is 379 g/mol. The van der Waals surface area contributed by atoms with Crippen molar-refractivity contribution in [3.8, 4) is 0 Å². The Morgan fingerprint density at radius 2 is 1.88 bits per heavy atom. The minimum atomic E-state index is -3.40. The predicted molar refractivity (Wildman–Crippen MR) is 105 cm³/mol. The smallest absolute Gasteiger partial charge is 0.255 e. The lowest BCUT2D eigenvalue weighted by atomic mass is 10.1. The number of sulfonamides is 1. The van der Waals surface area contributed by atoms with Gasteiger partial charge in [-0.05, 0) is 42.5 Å². The zero-order chi connectivity index (χ0) is 18.6. The van der Waals surface area contributed by atoms with Crippen molar-refractivity contribution in [2.24, 2.45) is 0 Å². The quantitative estimate of drug-likeness (QED) is 0.778. The SMILES string of the molecule is CCSc1ccccc1NC(=O)c1ccc(C)c(N(C)S(C)(=O)=O)c1. The molecule has 134 valence electrons. The summed E-state index contributed by atoms with van der Waals surface area (Å²) >= 11 is 1.65. The predicted octanol–water partition coefficient (Wildman–Crippen LogP) is 3.76. The first-order valence-corrected chi connectivity index (χ1v) is 10.6. The fourth-order valence-electron chi connectivity index (χ4n) is 2.31. The summed E-state index contributed by atoms with van der Waals surface area (Å²) in [5.74, 6) is 0.632. The Kier molecular flexibility index (Phi) is 6.13. The Labute approximate surface area is 153 Å². The second-order valence-corrected chi connectivity index (χ2v) is 8.93. The molecule has 0 aliphatic rings. The van der Waals surface area contributed by atoms with E-state index in [-0.39, 0.29) is 5.91 Å². The molecule has 0 aromatic heterocycles. The van der Waals surface area contributed by atoms with Gasteiger partial charge in [-0.3, -0.25) is 9.10 Å². The van der Waals surface area contributed by atoms with Gasteiger partial charge >= 0.3 is 0 Å². The maximum absolute atomic E-state index is 12.6. The number of rotatable bonds is 6. The number of hydrogen-bond acceptors (Lipinski definition) is 4. The molecule has 0 aliphatic carbocycles. The standard InChI is InChI=1S/C18H22N2O3S2/c1-5-24-17-9-7-6-8-15(17)19-18(21)14-11-10-13(2)16(12-14)20(3)25(4,22)23/h6-12H,5H2,1-4H3,(H,19,21). The largest absolute Gasteiger partial charge is 0.321 e. The van der Waals surface area contributed by atoms with Gasteiger partial charge in [0, 0.05) is 17.5 Å². The molecule has 7 heteroatoms. The molecule has 0 radical (unpaired) electrons. The number of anilines is 2. The summed E-state index contributed by atoms with van der Waals surface area (Å²) in [6, 6.07) is 12.7. The summed E-state index contributed by atoms with van der Waals surface area (Å²) in [6.45, 7) is 3.86. The highest BCUT2D eigenvalue weighted by atomic mass is 32.2. The van der Waals surface area contributed by atoms with Gasteiger partial charge in [-0.15, -0.1) is 11.8 Å². The van der Waals surface area contributed by atoms with Crippen molar-refractivity contribution in [3.63, 3.8) is 0 Å². The number of thioether (sulfide) groups is 1. The molecule has 0 aliphatic heterocycles. The maximum Gasteiger partial charge on any atom is 0.255 e. The summed E-state index contributed by atoms with van der Waals surface area (Å²) in [4.78, 5) is 13.6. The van der Waals surface area contributed by atoms with Gasteiger partial charge < -0.3 is 5.32 Å². The van der Waals surface area contributed by atoms with Crippen molar-refractivity contribution in [1.29, 1.82) is 0 Å². The fraction of sp³-hybridized carbons (Fsp3) is 0.278. The second-order valence-electron chi connectivity index (χ2n) is 5.62. The number of benzene rings is 2. The van der Waals surface area contributed by atoms with Crippen LogP contribution in [0.3, 0.4) is 0 Å². The average Bonchev–Trinajstić information content (AvgIpc) is 2.55. The van der Waals surface area contributed by atoms with E-state index >= 15 is 0 Å². The third-order valence-corrected chi connectivity index (χ3v) is 5.89. The normalized spacial score (nSPS) is 11.2. The number of nitrogens with one attached hydrogen (secondary N) is 1. The fourth-order valence-corrected chi connectivity index (χ4v) is 3.63. The minimum Gasteiger partial charge on any atom is -0.321 e. The molecular weight excluding hydrogens is 356 g/mol. The van der Waals surface area contributed by atoms with Crippen molar-refractivity contribution < 1.29 is 13.2 Å². The molecule has 0 saturated carbocycles. The van der Waals surface area contributed by atoms with E-state index in [4.69, 9.17) is 0 Å². The highest BCUT2D eigenvalue weighted by Gasteiger charge is 2.17. The van der Waals surface area contributed by atoms with Crippen molar-refractivity contribution in [3.05, 3.63) is 53.6 Å². The maximum atomic E-state index is 12.6. The van der Waals surface area contributed by atoms with Gasteiger partial charge in [0.15, 0.2) is 0 Å². The Morgan fingerprint density at radius 3 is 2.52 bits per heavy atom. The lowest BCUT2D eigenvalue weighted by molar-refractivity contribution is 0.102. The third-order valence-electron chi connectivity index (χ3n) is 3.74. The highest BCUT2D eigenvalue weighted by Crippen LogP contribution is 2.28. The van der Waals surface area contributed by atoms with E-state index in [1.807, 2.05) is 31.2 Å². The molecule has 0 atom stereocenters. The molecule has 1 N–H and O–H groups in total. The van der Waals surface area contributed by atoms with Crippen LogP contribution in [0.4, 0.5) is 11.4 Å². The first-order valence-electron chi connectivity index (χ1n) is 7.81. The minimum absolute atomic E-state index is 0.271. The van der Waals surface area contributed by atoms with Crippen LogP contribution >= 0.6 is 11.8 Å². The molecule has 25 heavy (non-hydrogen) atoms. The van der Waals surface area contributed by atoms with Crippen LogP contribution in [-0.2, 0) is 10.0 Å². The highest BCUT2D eigenvalue weighted by molar-refractivity contribution is 7.99. The Hall–Kier alpha value is -1.99. The van der Waals surface area contributed by atoms with Gasteiger partial charge in [0.2, 0.25) is 10.0 Å². The number of carbonyl (C=O) groups excluding carboxylic acids is 1. The molecular formula is C18H22N2O3S2. The Balaban J connectivity index is 2.32. The summed E-state index contributed by atoms with van der Waals surface area (Å²) in [5.41, 5.74) is 2.43. The third kappa shape index (κ3) is 4.76. The van der Waals surface area contributed by atoms with Crippen LogP contribution in [-0.4, -0.2) is 33.4 Å². The van der Waals surface area contributed by atoms with Gasteiger partial charge in [-0.1, -0.05) is 25.1 Å². The Bertz CT molecular complexity index is 880. The first-order chi connectivity index (χ1) is 11.7. The van der Waals surface area contributed by atoms with Gasteiger partial charge in [-0.2, -0.15) is 0 Å². The first kappa shape index (κ1) is 19.3. The van der Waals surface area contributed by atoms with Gasteiger partial charge in [0.05, 0.1) is 17.6 Å². The van der Waals surface area contributed by atoms with E-state index in [9.17, 15) is 13.2 Å². The monoisotopic (exact) mass is 378 g/mol. The lowest BCUT2D eigenvalue weighted by Crippen LogP contribution is -2.26. The summed E-state index contributed by atoms with van der Waals surface area (Å²) in [6.07, 6.45) is 1.14. The summed E-state index contributed by atoms with van der Waals surface area (Å²) < 4.78 is 24.8. The van der Waals surface area contributed by atoms with E-state index in [1.165, 1.54) is 11.4 Å². The Morgan fingerprint density at radius 1 is 1.20 bits per heavy atom. The van der Waals surface area contributed by atoms with Crippen molar-refractivity contribution in [2.45, 2.75) is 18.7 Å². The van der Waals surface area contributed by atoms with Crippen LogP contribution in [0.15, 0.2) is 47.4 Å². The summed E-state index contributed by atoms with van der Waals surface area (Å²) in [5, 5.41) is 2.91. The molecule has 0 unspecified atom stereocenters. The van der Waals surface area contributed by atoms with E-state index in [0.717, 1.165) is 28.2 Å². The number of amides is 1. The number of para-hydroxylation sites is 1. The number of aryl methyl sites for hydroxylation is 1. The van der Waals surface area contributed by atoms with Gasteiger partial charge in [0.1, 0.15) is 0 Å². The van der Waals surface area contributed by atoms with Crippen molar-refractivity contribution in [2.75, 3.05) is 28.7 Å². The van der Waals surface area contributed by atoms with E-state index in [2.05, 4.69) is 12.2 Å². The molecule has 2 aromatic carbocycles. The van der Waals surface area contributed by atoms with Crippen LogP contribution in [0.1, 0.15) is 22.8 Å². The van der Waals surface area contributed by atoms with Crippen LogP contribution in [0.5, 0.6) is 0 Å². The molecule has 2 aromatic rings. The van der Waals surface area contributed by atoms with Gasteiger partial charge in [0.25, 0.3) is 5.91 Å². The lowest BCUT2D eigenvalue weighted by Gasteiger charge is -2.20. The van der Waals surface area contributed by atoms with Crippen LogP contribution in [0.25, 0.3) is 0 Å². The second kappa shape index (κ2) is 7.93. The van der Waals surface area contributed by atoms with Crippen molar-refractivity contribution >= 4 is 39.1 Å². The molecule has 0 spiro atoms. The zero-order valence-corrected chi connectivity index (χ0v) is 16.4. The van der Waals surface area contributed by atoms with Crippen molar-refractivity contribution in [1.82, 2.24) is 0 Å². The van der Waals surface area contributed by atoms with Gasteiger partial charge in [-0.25, -0.2) is 8.42 Å². The van der Waals surface area contributed by atoms with Crippen LogP contribution in [0, 0.1) is 6.92 Å². The molecule has 2 rings (SSSR count). The van der Waals surface area contributed by atoms with E-state index in [1.54, 1.807) is 30.0 Å². The van der Waals surface area contributed by atoms with Crippen LogP contribution < -0.4 is 9.62 Å². The topological polar surface area (TPSA) is 66.5 Å². The molecule has 5 nitrogen and oxygen atoms in total. The number of carbonyl (C=O) groups is 1. The summed E-state index contributed by atoms with van der Waals surface area (Å²) in [7, 11) is -1.92. The molecule has 1 amide bonds. The zero-order valence-electron chi connectivity index (χ0n) is 14.7. The van der Waals surface area contributed by atoms with E-state index in [0.29, 0.717) is 11.3 Å². The number of hydrogen-bond donors (Lipinski definition) is 1. The van der Waals surface area contributed by atoms with Crippen LogP contribution in [0.2, 0.25) is 0 Å². The molecule has 0 saturated heterocycles. The molecule has 0 fully saturated rings. The van der Waals surface area contributed by atoms with E-state index < -0.39 is 10.0 Å². The number of nitrogens with zero attached hydrogens (tertiary/aromatic N) is 1. The molecule has 0 bridgehead atoms. The molecule has 0 heterocycles.